The van der Waals surface area contributed by atoms with Crippen molar-refractivity contribution in [2.75, 3.05) is 33.5 Å². The van der Waals surface area contributed by atoms with Crippen LogP contribution in [0.4, 0.5) is 0 Å². The number of rotatable bonds is 9. The lowest BCUT2D eigenvalue weighted by Crippen LogP contribution is -2.06. The highest BCUT2D eigenvalue weighted by Gasteiger charge is 2.01. The molecule has 0 atom stereocenters. The van der Waals surface area contributed by atoms with Crippen molar-refractivity contribution < 1.29 is 19.0 Å². The van der Waals surface area contributed by atoms with Gasteiger partial charge in [-0.2, -0.15) is 0 Å². The fourth-order valence-corrected chi connectivity index (χ4v) is 1.64. The molecular weight excluding hydrogens is 300 g/mol. The molecule has 100 valence electrons. The van der Waals surface area contributed by atoms with Gasteiger partial charge in [-0.3, -0.25) is 4.79 Å². The maximum atomic E-state index is 10.7. The summed E-state index contributed by atoms with van der Waals surface area (Å²) in [5, 5.41) is 0. The van der Waals surface area contributed by atoms with Gasteiger partial charge in [-0.25, -0.2) is 0 Å². The molecule has 0 amide bonds. The van der Waals surface area contributed by atoms with Crippen LogP contribution < -0.4 is 4.74 Å². The van der Waals surface area contributed by atoms with Crippen molar-refractivity contribution in [2.45, 2.75) is 6.42 Å². The van der Waals surface area contributed by atoms with Crippen molar-refractivity contribution in [3.05, 3.63) is 28.2 Å². The molecule has 0 saturated carbocycles. The molecule has 0 spiro atoms. The monoisotopic (exact) mass is 316 g/mol. The van der Waals surface area contributed by atoms with Gasteiger partial charge in [-0.05, 0) is 18.2 Å². The molecule has 0 aromatic heterocycles. The Morgan fingerprint density at radius 2 is 2.06 bits per heavy atom. The highest BCUT2D eigenvalue weighted by molar-refractivity contribution is 9.10. The van der Waals surface area contributed by atoms with E-state index >= 15 is 0 Å². The molecule has 1 aromatic carbocycles. The summed E-state index contributed by atoms with van der Waals surface area (Å²) < 4.78 is 16.5. The fourth-order valence-electron chi connectivity index (χ4n) is 1.30. The average Bonchev–Trinajstić information content (AvgIpc) is 2.39. The van der Waals surface area contributed by atoms with Crippen LogP contribution in [-0.4, -0.2) is 39.8 Å². The molecule has 0 aliphatic carbocycles. The van der Waals surface area contributed by atoms with Gasteiger partial charge in [0.15, 0.2) is 6.29 Å². The summed E-state index contributed by atoms with van der Waals surface area (Å²) in [7, 11) is 1.64. The summed E-state index contributed by atoms with van der Waals surface area (Å²) in [6, 6.07) is 5.33. The molecule has 5 heteroatoms. The van der Waals surface area contributed by atoms with Gasteiger partial charge in [0.25, 0.3) is 0 Å². The Bertz CT molecular complexity index is 368. The van der Waals surface area contributed by atoms with Gasteiger partial charge < -0.3 is 14.2 Å². The Balaban J connectivity index is 2.21. The first-order chi connectivity index (χ1) is 8.77. The number of halogens is 1. The second-order valence-corrected chi connectivity index (χ2v) is 4.46. The third-order valence-electron chi connectivity index (χ3n) is 2.23. The quantitative estimate of drug-likeness (QED) is 0.519. The minimum absolute atomic E-state index is 0.562. The number of hydrogen-bond acceptors (Lipinski definition) is 4. The van der Waals surface area contributed by atoms with Gasteiger partial charge in [-0.1, -0.05) is 15.9 Å². The van der Waals surface area contributed by atoms with Crippen molar-refractivity contribution in [1.82, 2.24) is 0 Å². The van der Waals surface area contributed by atoms with Crippen LogP contribution in [0.25, 0.3) is 0 Å². The first-order valence-corrected chi connectivity index (χ1v) is 6.51. The lowest BCUT2D eigenvalue weighted by molar-refractivity contribution is 0.0644. The van der Waals surface area contributed by atoms with Gasteiger partial charge >= 0.3 is 0 Å². The number of carbonyl (C=O) groups is 1. The number of hydrogen-bond donors (Lipinski definition) is 0. The van der Waals surface area contributed by atoms with Crippen LogP contribution in [0.1, 0.15) is 16.8 Å². The van der Waals surface area contributed by atoms with E-state index in [-0.39, 0.29) is 0 Å². The van der Waals surface area contributed by atoms with Crippen LogP contribution in [-0.2, 0) is 9.47 Å². The standard InChI is InChI=1S/C13H17BrO4/c1-16-7-8-17-5-2-6-18-12-3-4-13(14)11(9-12)10-15/h3-4,9-10H,2,5-8H2,1H3. The minimum atomic E-state index is 0.562. The zero-order valence-corrected chi connectivity index (χ0v) is 11.9. The number of ether oxygens (including phenoxy) is 3. The molecular formula is C13H17BrO4. The second-order valence-electron chi connectivity index (χ2n) is 3.61. The van der Waals surface area contributed by atoms with Gasteiger partial charge in [0.05, 0.1) is 19.8 Å². The van der Waals surface area contributed by atoms with Crippen molar-refractivity contribution in [3.8, 4) is 5.75 Å². The third-order valence-corrected chi connectivity index (χ3v) is 2.95. The summed E-state index contributed by atoms with van der Waals surface area (Å²) in [6.07, 6.45) is 1.60. The van der Waals surface area contributed by atoms with Crippen LogP contribution >= 0.6 is 15.9 Å². The highest BCUT2D eigenvalue weighted by atomic mass is 79.9. The number of methoxy groups -OCH3 is 1. The van der Waals surface area contributed by atoms with E-state index < -0.39 is 0 Å². The van der Waals surface area contributed by atoms with Crippen molar-refractivity contribution in [3.63, 3.8) is 0 Å². The van der Waals surface area contributed by atoms with E-state index in [4.69, 9.17) is 14.2 Å². The molecule has 0 aliphatic rings. The largest absolute Gasteiger partial charge is 0.493 e. The SMILES string of the molecule is COCCOCCCOc1ccc(Br)c(C=O)c1. The highest BCUT2D eigenvalue weighted by Crippen LogP contribution is 2.21. The van der Waals surface area contributed by atoms with Crippen LogP contribution in [0, 0.1) is 0 Å². The molecule has 0 heterocycles. The summed E-state index contributed by atoms with van der Waals surface area (Å²) in [5.74, 6) is 0.692. The van der Waals surface area contributed by atoms with Crippen molar-refractivity contribution >= 4 is 22.2 Å². The molecule has 1 aromatic rings. The maximum absolute atomic E-state index is 10.7. The molecule has 0 saturated heterocycles. The van der Waals surface area contributed by atoms with Gasteiger partial charge in [-0.15, -0.1) is 0 Å². The Morgan fingerprint density at radius 3 is 2.78 bits per heavy atom. The lowest BCUT2D eigenvalue weighted by atomic mass is 10.2. The Kier molecular flexibility index (Phi) is 7.64. The molecule has 0 fully saturated rings. The van der Waals surface area contributed by atoms with Crippen LogP contribution in [0.5, 0.6) is 5.75 Å². The summed E-state index contributed by atoms with van der Waals surface area (Å²) in [5.41, 5.74) is 0.587. The minimum Gasteiger partial charge on any atom is -0.493 e. The molecule has 0 radical (unpaired) electrons. The van der Waals surface area contributed by atoms with E-state index in [1.54, 1.807) is 19.2 Å². The van der Waals surface area contributed by atoms with E-state index in [0.29, 0.717) is 37.7 Å². The van der Waals surface area contributed by atoms with E-state index in [2.05, 4.69) is 15.9 Å². The van der Waals surface area contributed by atoms with Crippen LogP contribution in [0.15, 0.2) is 22.7 Å². The molecule has 18 heavy (non-hydrogen) atoms. The summed E-state index contributed by atoms with van der Waals surface area (Å²) >= 11 is 3.29. The summed E-state index contributed by atoms with van der Waals surface area (Å²) in [6.45, 7) is 2.41. The molecule has 1 rings (SSSR count). The predicted molar refractivity (Wildman–Crippen MR) is 72.3 cm³/mol. The average molecular weight is 317 g/mol. The maximum Gasteiger partial charge on any atom is 0.151 e. The fraction of sp³-hybridized carbons (Fsp3) is 0.462. The topological polar surface area (TPSA) is 44.8 Å². The Morgan fingerprint density at radius 1 is 1.22 bits per heavy atom. The number of carbonyl (C=O) groups excluding carboxylic acids is 1. The van der Waals surface area contributed by atoms with Gasteiger partial charge in [0.2, 0.25) is 0 Å². The van der Waals surface area contributed by atoms with E-state index in [1.807, 2.05) is 6.07 Å². The summed E-state index contributed by atoms with van der Waals surface area (Å²) in [4.78, 5) is 10.7. The van der Waals surface area contributed by atoms with Gasteiger partial charge in [0, 0.05) is 30.2 Å². The zero-order valence-electron chi connectivity index (χ0n) is 10.4. The van der Waals surface area contributed by atoms with Crippen LogP contribution in [0.2, 0.25) is 0 Å². The van der Waals surface area contributed by atoms with Crippen molar-refractivity contribution in [2.24, 2.45) is 0 Å². The molecule has 0 N–H and O–H groups in total. The second kappa shape index (κ2) is 9.08. The smallest absolute Gasteiger partial charge is 0.151 e. The molecule has 0 aliphatic heterocycles. The first-order valence-electron chi connectivity index (χ1n) is 5.72. The van der Waals surface area contributed by atoms with E-state index in [9.17, 15) is 4.79 Å². The lowest BCUT2D eigenvalue weighted by Gasteiger charge is -2.07. The zero-order chi connectivity index (χ0) is 13.2. The third kappa shape index (κ3) is 5.62. The first kappa shape index (κ1) is 15.1. The Labute approximate surface area is 115 Å². The predicted octanol–water partition coefficient (Wildman–Crippen LogP) is 2.69. The normalized spacial score (nSPS) is 10.3. The molecule has 0 bridgehead atoms. The Hall–Kier alpha value is -0.910. The van der Waals surface area contributed by atoms with E-state index in [0.717, 1.165) is 17.2 Å². The number of benzene rings is 1. The molecule has 4 nitrogen and oxygen atoms in total. The number of aldehydes is 1. The van der Waals surface area contributed by atoms with E-state index in [1.165, 1.54) is 0 Å². The van der Waals surface area contributed by atoms with Crippen molar-refractivity contribution in [1.29, 1.82) is 0 Å². The van der Waals surface area contributed by atoms with Crippen LogP contribution in [0.3, 0.4) is 0 Å². The molecule has 0 unspecified atom stereocenters. The van der Waals surface area contributed by atoms with Gasteiger partial charge in [0.1, 0.15) is 5.75 Å².